The van der Waals surface area contributed by atoms with Crippen LogP contribution in [0.15, 0.2) is 51.4 Å². The molecule has 0 aromatic heterocycles. The van der Waals surface area contributed by atoms with Gasteiger partial charge < -0.3 is 20.4 Å². The van der Waals surface area contributed by atoms with Crippen LogP contribution in [0, 0.1) is 0 Å². The maximum Gasteiger partial charge on any atom is 0.494 e. The lowest BCUT2D eigenvalue weighted by Crippen LogP contribution is -2.46. The third kappa shape index (κ3) is 5.58. The average molecular weight is 552 g/mol. The Morgan fingerprint density at radius 2 is 1.52 bits per heavy atom. The molecule has 0 aliphatic carbocycles. The van der Waals surface area contributed by atoms with Gasteiger partial charge >= 0.3 is 7.12 Å². The fraction of sp³-hybridized carbons (Fsp3) is 0.364. The summed E-state index contributed by atoms with van der Waals surface area (Å²) in [5, 5.41) is 2.72. The molecule has 2 amide bonds. The van der Waals surface area contributed by atoms with Crippen molar-refractivity contribution in [3.05, 3.63) is 62.5 Å². The first kappa shape index (κ1) is 24.0. The van der Waals surface area contributed by atoms with Crippen molar-refractivity contribution in [1.82, 2.24) is 5.32 Å². The molecule has 1 fully saturated rings. The van der Waals surface area contributed by atoms with E-state index in [2.05, 4.69) is 37.2 Å². The van der Waals surface area contributed by atoms with Crippen molar-refractivity contribution in [2.75, 3.05) is 0 Å². The number of halogens is 2. The molecule has 0 spiro atoms. The zero-order chi connectivity index (χ0) is 23.0. The van der Waals surface area contributed by atoms with Crippen LogP contribution in [-0.4, -0.2) is 36.2 Å². The SMILES string of the molecule is CC1(C)OB(c2ccc(C[C@H](NC(=O)c3cc(Br)cc(Br)c3)C(N)=O)cc2)OC1(C)C. The molecule has 2 aromatic rings. The van der Waals surface area contributed by atoms with Crippen LogP contribution in [-0.2, 0) is 20.5 Å². The van der Waals surface area contributed by atoms with E-state index >= 15 is 0 Å². The van der Waals surface area contributed by atoms with Crippen molar-refractivity contribution in [3.8, 4) is 0 Å². The van der Waals surface area contributed by atoms with Gasteiger partial charge in [-0.05, 0) is 56.9 Å². The molecule has 6 nitrogen and oxygen atoms in total. The van der Waals surface area contributed by atoms with Gasteiger partial charge in [0.15, 0.2) is 0 Å². The van der Waals surface area contributed by atoms with Gasteiger partial charge in [0.2, 0.25) is 5.91 Å². The summed E-state index contributed by atoms with van der Waals surface area (Å²) < 4.78 is 13.6. The number of hydrogen-bond acceptors (Lipinski definition) is 4. The highest BCUT2D eigenvalue weighted by Crippen LogP contribution is 2.36. The number of nitrogens with two attached hydrogens (primary N) is 1. The second-order valence-electron chi connectivity index (χ2n) is 8.62. The Morgan fingerprint density at radius 3 is 2.00 bits per heavy atom. The van der Waals surface area contributed by atoms with E-state index in [9.17, 15) is 9.59 Å². The van der Waals surface area contributed by atoms with Crippen molar-refractivity contribution in [2.45, 2.75) is 51.4 Å². The second-order valence-corrected chi connectivity index (χ2v) is 10.5. The molecule has 0 unspecified atom stereocenters. The van der Waals surface area contributed by atoms with Crippen molar-refractivity contribution >= 4 is 56.3 Å². The Balaban J connectivity index is 1.69. The van der Waals surface area contributed by atoms with Crippen LogP contribution in [0.5, 0.6) is 0 Å². The average Bonchev–Trinajstić information content (AvgIpc) is 2.88. The molecule has 0 saturated carbocycles. The summed E-state index contributed by atoms with van der Waals surface area (Å²) in [5.74, 6) is -0.975. The number of nitrogens with one attached hydrogen (secondary N) is 1. The third-order valence-corrected chi connectivity index (χ3v) is 6.63. The summed E-state index contributed by atoms with van der Waals surface area (Å²) in [4.78, 5) is 24.6. The number of carbonyl (C=O) groups excluding carboxylic acids is 2. The van der Waals surface area contributed by atoms with Gasteiger partial charge in [-0.2, -0.15) is 0 Å². The lowest BCUT2D eigenvalue weighted by Gasteiger charge is -2.32. The van der Waals surface area contributed by atoms with Gasteiger partial charge in [0.1, 0.15) is 6.04 Å². The topological polar surface area (TPSA) is 90.6 Å². The Hall–Kier alpha value is -1.68. The number of carbonyl (C=O) groups is 2. The van der Waals surface area contributed by atoms with Crippen molar-refractivity contribution in [1.29, 1.82) is 0 Å². The number of amides is 2. The van der Waals surface area contributed by atoms with Gasteiger partial charge in [-0.25, -0.2) is 0 Å². The maximum absolute atomic E-state index is 12.6. The van der Waals surface area contributed by atoms with E-state index in [1.54, 1.807) is 12.1 Å². The fourth-order valence-electron chi connectivity index (χ4n) is 3.17. The Morgan fingerprint density at radius 1 is 1.00 bits per heavy atom. The molecule has 1 atom stereocenters. The minimum absolute atomic E-state index is 0.278. The second kappa shape index (κ2) is 9.06. The molecule has 9 heteroatoms. The van der Waals surface area contributed by atoms with Crippen molar-refractivity contribution < 1.29 is 18.9 Å². The standard InChI is InChI=1S/C22H25BBr2N2O4/c1-21(2)22(3,4)31-23(30-21)15-7-5-13(6-8-15)9-18(19(26)28)27-20(29)14-10-16(24)12-17(25)11-14/h5-8,10-12,18H,9H2,1-4H3,(H2,26,28)(H,27,29)/t18-/m0/s1. The monoisotopic (exact) mass is 550 g/mol. The summed E-state index contributed by atoms with van der Waals surface area (Å²) in [7, 11) is -0.458. The predicted molar refractivity (Wildman–Crippen MR) is 128 cm³/mol. The minimum Gasteiger partial charge on any atom is -0.399 e. The zero-order valence-electron chi connectivity index (χ0n) is 17.9. The zero-order valence-corrected chi connectivity index (χ0v) is 21.0. The predicted octanol–water partition coefficient (Wildman–Crippen LogP) is 3.34. The summed E-state index contributed by atoms with van der Waals surface area (Å²) >= 11 is 6.71. The van der Waals surface area contributed by atoms with Crippen LogP contribution in [0.4, 0.5) is 0 Å². The maximum atomic E-state index is 12.6. The Kier molecular flexibility index (Phi) is 7.00. The first-order valence-electron chi connectivity index (χ1n) is 9.89. The van der Waals surface area contributed by atoms with E-state index < -0.39 is 30.3 Å². The first-order valence-corrected chi connectivity index (χ1v) is 11.5. The van der Waals surface area contributed by atoms with Gasteiger partial charge in [0, 0.05) is 20.9 Å². The molecule has 1 saturated heterocycles. The van der Waals surface area contributed by atoms with Gasteiger partial charge in [0.05, 0.1) is 11.2 Å². The highest BCUT2D eigenvalue weighted by Gasteiger charge is 2.51. The Bertz CT molecular complexity index is 959. The number of rotatable bonds is 6. The highest BCUT2D eigenvalue weighted by atomic mass is 79.9. The molecular formula is C22H25BBr2N2O4. The van der Waals surface area contributed by atoms with Crippen molar-refractivity contribution in [3.63, 3.8) is 0 Å². The van der Waals surface area contributed by atoms with E-state index in [1.165, 1.54) is 0 Å². The molecule has 1 aliphatic heterocycles. The van der Waals surface area contributed by atoms with E-state index in [1.807, 2.05) is 58.0 Å². The summed E-state index contributed by atoms with van der Waals surface area (Å²) in [5.41, 5.74) is 6.88. The number of primary amides is 1. The molecule has 3 N–H and O–H groups in total. The van der Waals surface area contributed by atoms with Crippen LogP contribution in [0.1, 0.15) is 43.6 Å². The molecule has 164 valence electrons. The van der Waals surface area contributed by atoms with Gasteiger partial charge in [-0.1, -0.05) is 56.1 Å². The fourth-order valence-corrected chi connectivity index (χ4v) is 4.47. The number of benzene rings is 2. The molecule has 0 radical (unpaired) electrons. The molecule has 31 heavy (non-hydrogen) atoms. The lowest BCUT2D eigenvalue weighted by molar-refractivity contribution is -0.119. The summed E-state index contributed by atoms with van der Waals surface area (Å²) in [6.45, 7) is 8.02. The third-order valence-electron chi connectivity index (χ3n) is 5.72. The largest absolute Gasteiger partial charge is 0.494 e. The molecule has 0 bridgehead atoms. The van der Waals surface area contributed by atoms with E-state index in [0.29, 0.717) is 5.56 Å². The van der Waals surface area contributed by atoms with Crippen LogP contribution >= 0.6 is 31.9 Å². The lowest BCUT2D eigenvalue weighted by atomic mass is 9.78. The molecular weight excluding hydrogens is 527 g/mol. The van der Waals surface area contributed by atoms with E-state index in [4.69, 9.17) is 15.0 Å². The normalized spacial score (nSPS) is 17.9. The molecule has 3 rings (SSSR count). The van der Waals surface area contributed by atoms with E-state index in [0.717, 1.165) is 20.0 Å². The van der Waals surface area contributed by atoms with Crippen LogP contribution in [0.3, 0.4) is 0 Å². The smallest absolute Gasteiger partial charge is 0.399 e. The summed E-state index contributed by atoms with van der Waals surface area (Å²) in [6, 6.07) is 11.9. The van der Waals surface area contributed by atoms with Gasteiger partial charge in [0.25, 0.3) is 5.91 Å². The first-order chi connectivity index (χ1) is 14.4. The van der Waals surface area contributed by atoms with Crippen LogP contribution in [0.2, 0.25) is 0 Å². The highest BCUT2D eigenvalue weighted by molar-refractivity contribution is 9.11. The van der Waals surface area contributed by atoms with Crippen molar-refractivity contribution in [2.24, 2.45) is 5.73 Å². The number of hydrogen-bond donors (Lipinski definition) is 2. The van der Waals surface area contributed by atoms with Crippen LogP contribution in [0.25, 0.3) is 0 Å². The van der Waals surface area contributed by atoms with E-state index in [-0.39, 0.29) is 12.3 Å². The van der Waals surface area contributed by atoms with Crippen LogP contribution < -0.4 is 16.5 Å². The summed E-state index contributed by atoms with van der Waals surface area (Å²) in [6.07, 6.45) is 0.278. The minimum atomic E-state index is -0.840. The van der Waals surface area contributed by atoms with Gasteiger partial charge in [-0.15, -0.1) is 0 Å². The van der Waals surface area contributed by atoms with Gasteiger partial charge in [-0.3, -0.25) is 9.59 Å². The molecule has 2 aromatic carbocycles. The Labute approximate surface area is 199 Å². The molecule has 1 aliphatic rings. The quantitative estimate of drug-likeness (QED) is 0.539. The molecule has 1 heterocycles.